The van der Waals surface area contributed by atoms with E-state index in [1.54, 1.807) is 18.2 Å². The van der Waals surface area contributed by atoms with Crippen LogP contribution < -0.4 is 11.1 Å². The first kappa shape index (κ1) is 9.34. The molecule has 0 aromatic heterocycles. The molecule has 3 N–H and O–H groups in total. The monoisotopic (exact) mass is 210 g/mol. The second-order valence-electron chi connectivity index (χ2n) is 3.45. The van der Waals surface area contributed by atoms with Gasteiger partial charge in [0, 0.05) is 11.7 Å². The number of nitrogen functional groups attached to an aromatic ring is 1. The molecule has 0 heterocycles. The SMILES string of the molecule is Nc1cccc(Cl)c1C(=O)NC1CC1. The second kappa shape index (κ2) is 3.50. The first-order valence-electron chi connectivity index (χ1n) is 4.53. The third kappa shape index (κ3) is 1.82. The minimum atomic E-state index is -0.171. The summed E-state index contributed by atoms with van der Waals surface area (Å²) in [6.07, 6.45) is 2.10. The van der Waals surface area contributed by atoms with Crippen LogP contribution in [-0.4, -0.2) is 11.9 Å². The average molecular weight is 211 g/mol. The lowest BCUT2D eigenvalue weighted by atomic mass is 10.1. The molecule has 0 unspecified atom stereocenters. The average Bonchev–Trinajstić information content (AvgIpc) is 2.87. The summed E-state index contributed by atoms with van der Waals surface area (Å²) < 4.78 is 0. The van der Waals surface area contributed by atoms with Crippen LogP contribution in [-0.2, 0) is 0 Å². The molecule has 0 bridgehead atoms. The van der Waals surface area contributed by atoms with E-state index in [0.29, 0.717) is 22.3 Å². The molecule has 3 nitrogen and oxygen atoms in total. The number of halogens is 1. The Labute approximate surface area is 87.2 Å². The van der Waals surface area contributed by atoms with E-state index in [-0.39, 0.29) is 5.91 Å². The van der Waals surface area contributed by atoms with Crippen LogP contribution in [0, 0.1) is 0 Å². The zero-order valence-electron chi connectivity index (χ0n) is 7.59. The molecule has 1 saturated carbocycles. The molecular formula is C10H11ClN2O. The summed E-state index contributed by atoms with van der Waals surface area (Å²) in [6, 6.07) is 5.39. The molecular weight excluding hydrogens is 200 g/mol. The molecule has 74 valence electrons. The summed E-state index contributed by atoms with van der Waals surface area (Å²) in [7, 11) is 0. The molecule has 1 aliphatic carbocycles. The second-order valence-corrected chi connectivity index (χ2v) is 3.86. The predicted octanol–water partition coefficient (Wildman–Crippen LogP) is 1.81. The molecule has 1 amide bonds. The zero-order valence-corrected chi connectivity index (χ0v) is 8.34. The van der Waals surface area contributed by atoms with Crippen LogP contribution in [0.5, 0.6) is 0 Å². The lowest BCUT2D eigenvalue weighted by Gasteiger charge is -2.07. The Bertz CT molecular complexity index is 354. The van der Waals surface area contributed by atoms with Crippen molar-refractivity contribution in [2.45, 2.75) is 18.9 Å². The molecule has 0 atom stereocenters. The lowest BCUT2D eigenvalue weighted by Crippen LogP contribution is -2.26. The third-order valence-corrected chi connectivity index (χ3v) is 2.50. The maximum absolute atomic E-state index is 11.7. The number of amides is 1. The van der Waals surface area contributed by atoms with Crippen molar-refractivity contribution in [3.05, 3.63) is 28.8 Å². The normalized spacial score (nSPS) is 15.2. The van der Waals surface area contributed by atoms with Gasteiger partial charge < -0.3 is 11.1 Å². The van der Waals surface area contributed by atoms with Gasteiger partial charge in [-0.2, -0.15) is 0 Å². The minimum Gasteiger partial charge on any atom is -0.398 e. The van der Waals surface area contributed by atoms with Crippen LogP contribution in [0.25, 0.3) is 0 Å². The van der Waals surface area contributed by atoms with Crippen LogP contribution in [0.2, 0.25) is 5.02 Å². The molecule has 1 aliphatic rings. The van der Waals surface area contributed by atoms with Gasteiger partial charge in [-0.05, 0) is 25.0 Å². The van der Waals surface area contributed by atoms with Gasteiger partial charge in [-0.3, -0.25) is 4.79 Å². The van der Waals surface area contributed by atoms with Crippen molar-refractivity contribution in [1.29, 1.82) is 0 Å². The Morgan fingerprint density at radius 1 is 1.50 bits per heavy atom. The minimum absolute atomic E-state index is 0.171. The molecule has 1 aromatic carbocycles. The fourth-order valence-electron chi connectivity index (χ4n) is 1.27. The van der Waals surface area contributed by atoms with Gasteiger partial charge in [0.25, 0.3) is 5.91 Å². The van der Waals surface area contributed by atoms with Crippen molar-refractivity contribution >= 4 is 23.2 Å². The smallest absolute Gasteiger partial charge is 0.255 e. The molecule has 14 heavy (non-hydrogen) atoms. The van der Waals surface area contributed by atoms with Crippen molar-refractivity contribution in [3.63, 3.8) is 0 Å². The first-order valence-corrected chi connectivity index (χ1v) is 4.91. The number of benzene rings is 1. The fourth-order valence-corrected chi connectivity index (χ4v) is 1.53. The first-order chi connectivity index (χ1) is 6.68. The highest BCUT2D eigenvalue weighted by Gasteiger charge is 2.25. The molecule has 2 rings (SSSR count). The Hall–Kier alpha value is -1.22. The molecule has 0 radical (unpaired) electrons. The predicted molar refractivity (Wildman–Crippen MR) is 56.4 cm³/mol. The Balaban J connectivity index is 2.24. The van der Waals surface area contributed by atoms with E-state index in [2.05, 4.69) is 5.32 Å². The highest BCUT2D eigenvalue weighted by Crippen LogP contribution is 2.24. The fraction of sp³-hybridized carbons (Fsp3) is 0.300. The van der Waals surface area contributed by atoms with E-state index < -0.39 is 0 Å². The van der Waals surface area contributed by atoms with Crippen molar-refractivity contribution < 1.29 is 4.79 Å². The van der Waals surface area contributed by atoms with E-state index in [1.807, 2.05) is 0 Å². The number of hydrogen-bond donors (Lipinski definition) is 2. The topological polar surface area (TPSA) is 55.1 Å². The van der Waals surface area contributed by atoms with Gasteiger partial charge in [-0.25, -0.2) is 0 Å². The summed E-state index contributed by atoms with van der Waals surface area (Å²) in [5, 5.41) is 3.25. The molecule has 4 heteroatoms. The number of anilines is 1. The highest BCUT2D eigenvalue weighted by atomic mass is 35.5. The Morgan fingerprint density at radius 2 is 2.21 bits per heavy atom. The summed E-state index contributed by atoms with van der Waals surface area (Å²) in [5.74, 6) is -0.171. The van der Waals surface area contributed by atoms with Crippen LogP contribution in [0.1, 0.15) is 23.2 Å². The van der Waals surface area contributed by atoms with Gasteiger partial charge >= 0.3 is 0 Å². The van der Waals surface area contributed by atoms with Gasteiger partial charge in [-0.1, -0.05) is 17.7 Å². The highest BCUT2D eigenvalue weighted by molar-refractivity contribution is 6.34. The third-order valence-electron chi connectivity index (χ3n) is 2.19. The summed E-state index contributed by atoms with van der Waals surface area (Å²) in [5.41, 5.74) is 6.49. The molecule has 1 fully saturated rings. The van der Waals surface area contributed by atoms with Crippen molar-refractivity contribution in [2.75, 3.05) is 5.73 Å². The van der Waals surface area contributed by atoms with Gasteiger partial charge in [0.05, 0.1) is 10.6 Å². The number of hydrogen-bond acceptors (Lipinski definition) is 2. The molecule has 0 aliphatic heterocycles. The van der Waals surface area contributed by atoms with E-state index in [4.69, 9.17) is 17.3 Å². The van der Waals surface area contributed by atoms with Crippen LogP contribution >= 0.6 is 11.6 Å². The summed E-state index contributed by atoms with van der Waals surface area (Å²) >= 11 is 5.89. The maximum atomic E-state index is 11.7. The van der Waals surface area contributed by atoms with Gasteiger partial charge in [-0.15, -0.1) is 0 Å². The number of carbonyl (C=O) groups excluding carboxylic acids is 1. The van der Waals surface area contributed by atoms with Gasteiger partial charge in [0.15, 0.2) is 0 Å². The van der Waals surface area contributed by atoms with Crippen molar-refractivity contribution in [3.8, 4) is 0 Å². The number of nitrogens with two attached hydrogens (primary N) is 1. The number of nitrogens with one attached hydrogen (secondary N) is 1. The van der Waals surface area contributed by atoms with Gasteiger partial charge in [0.1, 0.15) is 0 Å². The van der Waals surface area contributed by atoms with Crippen LogP contribution in [0.15, 0.2) is 18.2 Å². The molecule has 0 saturated heterocycles. The van der Waals surface area contributed by atoms with E-state index in [0.717, 1.165) is 12.8 Å². The summed E-state index contributed by atoms with van der Waals surface area (Å²) in [6.45, 7) is 0. The Kier molecular flexibility index (Phi) is 2.33. The van der Waals surface area contributed by atoms with Crippen molar-refractivity contribution in [1.82, 2.24) is 5.32 Å². The standard InChI is InChI=1S/C10H11ClN2O/c11-7-2-1-3-8(12)9(7)10(14)13-6-4-5-6/h1-3,6H,4-5,12H2,(H,13,14). The quantitative estimate of drug-likeness (QED) is 0.732. The lowest BCUT2D eigenvalue weighted by molar-refractivity contribution is 0.0952. The Morgan fingerprint density at radius 3 is 2.79 bits per heavy atom. The number of rotatable bonds is 2. The van der Waals surface area contributed by atoms with Crippen molar-refractivity contribution in [2.24, 2.45) is 0 Å². The molecule has 0 spiro atoms. The molecule has 1 aromatic rings. The van der Waals surface area contributed by atoms with E-state index >= 15 is 0 Å². The van der Waals surface area contributed by atoms with E-state index in [1.165, 1.54) is 0 Å². The largest absolute Gasteiger partial charge is 0.398 e. The number of carbonyl (C=O) groups is 1. The van der Waals surface area contributed by atoms with Crippen LogP contribution in [0.3, 0.4) is 0 Å². The van der Waals surface area contributed by atoms with Gasteiger partial charge in [0.2, 0.25) is 0 Å². The zero-order chi connectivity index (χ0) is 10.1. The van der Waals surface area contributed by atoms with E-state index in [9.17, 15) is 4.79 Å². The summed E-state index contributed by atoms with van der Waals surface area (Å²) in [4.78, 5) is 11.7. The maximum Gasteiger partial charge on any atom is 0.255 e. The van der Waals surface area contributed by atoms with Crippen LogP contribution in [0.4, 0.5) is 5.69 Å².